The number of carbonyl (C=O) groups excluding carboxylic acids is 1. The van der Waals surface area contributed by atoms with E-state index in [1.807, 2.05) is 32.9 Å². The molecular weight excluding hydrogens is 364 g/mol. The molecule has 0 atom stereocenters. The molecule has 0 aliphatic heterocycles. The Balaban J connectivity index is 2.19. The molecule has 1 amide bonds. The topological polar surface area (TPSA) is 75.7 Å². The van der Waals surface area contributed by atoms with Gasteiger partial charge in [-0.15, -0.1) is 0 Å². The number of nitrogens with one attached hydrogen (secondary N) is 1. The number of amides is 1. The molecule has 27 heavy (non-hydrogen) atoms. The van der Waals surface area contributed by atoms with Crippen LogP contribution in [0.5, 0.6) is 5.75 Å². The second kappa shape index (κ2) is 8.43. The fraction of sp³-hybridized carbons (Fsp3) is 0.350. The molecule has 146 valence electrons. The van der Waals surface area contributed by atoms with Gasteiger partial charge in [0.25, 0.3) is 5.91 Å². The van der Waals surface area contributed by atoms with Gasteiger partial charge in [0.1, 0.15) is 5.75 Å². The molecule has 1 N–H and O–H groups in total. The third-order valence-corrected chi connectivity index (χ3v) is 5.40. The number of hydrogen-bond acceptors (Lipinski definition) is 4. The minimum absolute atomic E-state index is 0.143. The molecule has 2 rings (SSSR count). The van der Waals surface area contributed by atoms with Gasteiger partial charge in [0, 0.05) is 6.54 Å². The highest BCUT2D eigenvalue weighted by molar-refractivity contribution is 7.92. The van der Waals surface area contributed by atoms with Crippen molar-refractivity contribution in [1.29, 1.82) is 0 Å². The van der Waals surface area contributed by atoms with Crippen LogP contribution in [0.15, 0.2) is 36.4 Å². The molecule has 2 aromatic rings. The molecule has 6 nitrogen and oxygen atoms in total. The van der Waals surface area contributed by atoms with E-state index in [1.54, 1.807) is 24.3 Å². The predicted molar refractivity (Wildman–Crippen MR) is 108 cm³/mol. The SMILES string of the molecule is COc1ccccc1C(=O)NCCN(c1c(C)cc(C)cc1C)S(C)(=O)=O. The molecule has 2 aromatic carbocycles. The summed E-state index contributed by atoms with van der Waals surface area (Å²) in [6.07, 6.45) is 1.17. The average molecular weight is 391 g/mol. The van der Waals surface area contributed by atoms with Gasteiger partial charge < -0.3 is 10.1 Å². The number of aryl methyl sites for hydroxylation is 3. The Kier molecular flexibility index (Phi) is 6.49. The number of rotatable bonds is 7. The van der Waals surface area contributed by atoms with Crippen molar-refractivity contribution < 1.29 is 17.9 Å². The van der Waals surface area contributed by atoms with Gasteiger partial charge >= 0.3 is 0 Å². The lowest BCUT2D eigenvalue weighted by Gasteiger charge is -2.26. The molecule has 7 heteroatoms. The number of nitrogens with zero attached hydrogens (tertiary/aromatic N) is 1. The Bertz CT molecular complexity index is 916. The Morgan fingerprint density at radius 2 is 1.70 bits per heavy atom. The summed E-state index contributed by atoms with van der Waals surface area (Å²) in [6.45, 7) is 6.07. The second-order valence-corrected chi connectivity index (χ2v) is 8.45. The molecule has 0 aliphatic carbocycles. The minimum atomic E-state index is -3.49. The fourth-order valence-corrected chi connectivity index (χ4v) is 4.25. The lowest BCUT2D eigenvalue weighted by atomic mass is 10.1. The summed E-state index contributed by atoms with van der Waals surface area (Å²) >= 11 is 0. The monoisotopic (exact) mass is 390 g/mol. The van der Waals surface area contributed by atoms with Crippen LogP contribution >= 0.6 is 0 Å². The summed E-state index contributed by atoms with van der Waals surface area (Å²) in [5, 5.41) is 2.77. The summed E-state index contributed by atoms with van der Waals surface area (Å²) in [4.78, 5) is 12.4. The smallest absolute Gasteiger partial charge is 0.255 e. The van der Waals surface area contributed by atoms with Crippen LogP contribution in [0.3, 0.4) is 0 Å². The number of carbonyl (C=O) groups is 1. The Labute approximate surface area is 161 Å². The maximum absolute atomic E-state index is 12.4. The van der Waals surface area contributed by atoms with E-state index in [0.29, 0.717) is 17.0 Å². The minimum Gasteiger partial charge on any atom is -0.496 e. The zero-order valence-corrected chi connectivity index (χ0v) is 17.2. The third-order valence-electron chi connectivity index (χ3n) is 4.24. The molecule has 0 radical (unpaired) electrons. The molecule has 0 saturated heterocycles. The summed E-state index contributed by atoms with van der Waals surface area (Å²) in [7, 11) is -1.99. The Hall–Kier alpha value is -2.54. The van der Waals surface area contributed by atoms with Crippen LogP contribution in [0.2, 0.25) is 0 Å². The summed E-state index contributed by atoms with van der Waals surface area (Å²) in [5.74, 6) is 0.165. The largest absolute Gasteiger partial charge is 0.496 e. The molecule has 0 saturated carbocycles. The van der Waals surface area contributed by atoms with E-state index in [0.717, 1.165) is 16.7 Å². The number of para-hydroxylation sites is 1. The number of methoxy groups -OCH3 is 1. The zero-order valence-electron chi connectivity index (χ0n) is 16.4. The standard InChI is InChI=1S/C20H26N2O4S/c1-14-12-15(2)19(16(3)13-14)22(27(5,24)25)11-10-21-20(23)17-8-6-7-9-18(17)26-4/h6-9,12-13H,10-11H2,1-5H3,(H,21,23). The Morgan fingerprint density at radius 1 is 1.11 bits per heavy atom. The number of anilines is 1. The Morgan fingerprint density at radius 3 is 2.26 bits per heavy atom. The predicted octanol–water partition coefficient (Wildman–Crippen LogP) is 2.82. The zero-order chi connectivity index (χ0) is 20.2. The van der Waals surface area contributed by atoms with Crippen LogP contribution < -0.4 is 14.4 Å². The maximum Gasteiger partial charge on any atom is 0.255 e. The first kappa shape index (κ1) is 20.8. The van der Waals surface area contributed by atoms with Crippen molar-refractivity contribution in [1.82, 2.24) is 5.32 Å². The average Bonchev–Trinajstić information content (AvgIpc) is 2.58. The maximum atomic E-state index is 12.4. The van der Waals surface area contributed by atoms with Crippen LogP contribution in [0.25, 0.3) is 0 Å². The van der Waals surface area contributed by atoms with E-state index in [9.17, 15) is 13.2 Å². The van der Waals surface area contributed by atoms with Gasteiger partial charge in [-0.1, -0.05) is 29.8 Å². The van der Waals surface area contributed by atoms with E-state index in [1.165, 1.54) is 17.7 Å². The highest BCUT2D eigenvalue weighted by Gasteiger charge is 2.21. The van der Waals surface area contributed by atoms with Gasteiger partial charge in [-0.2, -0.15) is 0 Å². The second-order valence-electron chi connectivity index (χ2n) is 6.54. The van der Waals surface area contributed by atoms with Crippen molar-refractivity contribution in [2.24, 2.45) is 0 Å². The van der Waals surface area contributed by atoms with Crippen molar-refractivity contribution >= 4 is 21.6 Å². The number of hydrogen-bond donors (Lipinski definition) is 1. The van der Waals surface area contributed by atoms with Gasteiger partial charge in [-0.3, -0.25) is 9.10 Å². The molecule has 0 spiro atoms. The number of ether oxygens (including phenoxy) is 1. The van der Waals surface area contributed by atoms with Gasteiger partial charge in [0.2, 0.25) is 10.0 Å². The van der Waals surface area contributed by atoms with Gasteiger partial charge in [0.05, 0.1) is 31.2 Å². The van der Waals surface area contributed by atoms with Crippen LogP contribution in [0, 0.1) is 20.8 Å². The van der Waals surface area contributed by atoms with E-state index in [4.69, 9.17) is 4.74 Å². The van der Waals surface area contributed by atoms with Gasteiger partial charge in [-0.05, 0) is 44.0 Å². The van der Waals surface area contributed by atoms with Crippen LogP contribution in [0.4, 0.5) is 5.69 Å². The molecule has 0 aliphatic rings. The van der Waals surface area contributed by atoms with Crippen molar-refractivity contribution in [3.63, 3.8) is 0 Å². The van der Waals surface area contributed by atoms with E-state index in [2.05, 4.69) is 5.32 Å². The summed E-state index contributed by atoms with van der Waals surface area (Å²) in [6, 6.07) is 10.8. The quantitative estimate of drug-likeness (QED) is 0.789. The highest BCUT2D eigenvalue weighted by Crippen LogP contribution is 2.28. The first-order valence-corrected chi connectivity index (χ1v) is 10.5. The van der Waals surface area contributed by atoms with E-state index >= 15 is 0 Å². The van der Waals surface area contributed by atoms with Crippen LogP contribution in [-0.4, -0.2) is 40.8 Å². The lowest BCUT2D eigenvalue weighted by Crippen LogP contribution is -2.39. The first-order chi connectivity index (χ1) is 12.6. The molecular formula is C20H26N2O4S. The molecule has 0 unspecified atom stereocenters. The van der Waals surface area contributed by atoms with E-state index < -0.39 is 10.0 Å². The van der Waals surface area contributed by atoms with Gasteiger partial charge in [-0.25, -0.2) is 8.42 Å². The van der Waals surface area contributed by atoms with E-state index in [-0.39, 0.29) is 19.0 Å². The normalized spacial score (nSPS) is 11.1. The van der Waals surface area contributed by atoms with Crippen LogP contribution in [-0.2, 0) is 10.0 Å². The lowest BCUT2D eigenvalue weighted by molar-refractivity contribution is 0.0952. The van der Waals surface area contributed by atoms with Crippen molar-refractivity contribution in [2.45, 2.75) is 20.8 Å². The number of benzene rings is 2. The van der Waals surface area contributed by atoms with Crippen molar-refractivity contribution in [3.05, 3.63) is 58.7 Å². The first-order valence-electron chi connectivity index (χ1n) is 8.62. The van der Waals surface area contributed by atoms with Crippen molar-refractivity contribution in [2.75, 3.05) is 30.8 Å². The molecule has 0 fully saturated rings. The highest BCUT2D eigenvalue weighted by atomic mass is 32.2. The fourth-order valence-electron chi connectivity index (χ4n) is 3.21. The molecule has 0 bridgehead atoms. The molecule has 0 heterocycles. The third kappa shape index (κ3) is 5.01. The van der Waals surface area contributed by atoms with Crippen molar-refractivity contribution in [3.8, 4) is 5.75 Å². The van der Waals surface area contributed by atoms with Gasteiger partial charge in [0.15, 0.2) is 0 Å². The summed E-state index contributed by atoms with van der Waals surface area (Å²) < 4.78 is 31.3. The molecule has 0 aromatic heterocycles. The van der Waals surface area contributed by atoms with Crippen LogP contribution in [0.1, 0.15) is 27.0 Å². The number of sulfonamides is 1. The summed E-state index contributed by atoms with van der Waals surface area (Å²) in [5.41, 5.74) is 3.91.